The van der Waals surface area contributed by atoms with E-state index in [1.54, 1.807) is 6.07 Å². The molecule has 0 saturated heterocycles. The van der Waals surface area contributed by atoms with Crippen molar-refractivity contribution >= 4 is 0 Å². The highest BCUT2D eigenvalue weighted by atomic mass is 19.1. The van der Waals surface area contributed by atoms with Crippen molar-refractivity contribution < 1.29 is 4.39 Å². The van der Waals surface area contributed by atoms with Gasteiger partial charge in [-0.15, -0.1) is 5.10 Å². The van der Waals surface area contributed by atoms with E-state index in [2.05, 4.69) is 15.5 Å². The van der Waals surface area contributed by atoms with Gasteiger partial charge in [0.05, 0.1) is 12.1 Å². The molecule has 0 aliphatic carbocycles. The zero-order valence-corrected chi connectivity index (χ0v) is 8.89. The lowest BCUT2D eigenvalue weighted by Crippen LogP contribution is -2.12. The van der Waals surface area contributed by atoms with Gasteiger partial charge in [0.2, 0.25) is 0 Å². The van der Waals surface area contributed by atoms with Gasteiger partial charge in [-0.25, -0.2) is 9.07 Å². The number of nitrogens with two attached hydrogens (primary N) is 1. The van der Waals surface area contributed by atoms with Gasteiger partial charge in [-0.1, -0.05) is 6.07 Å². The van der Waals surface area contributed by atoms with E-state index in [-0.39, 0.29) is 5.82 Å². The first-order chi connectivity index (χ1) is 7.72. The van der Waals surface area contributed by atoms with Crippen LogP contribution in [0.3, 0.4) is 0 Å². The SMILES string of the molecule is Cc1ccc(-c2nnnn2CCN)c(F)c1. The molecule has 16 heavy (non-hydrogen) atoms. The van der Waals surface area contributed by atoms with Crippen molar-refractivity contribution in [1.29, 1.82) is 0 Å². The quantitative estimate of drug-likeness (QED) is 0.830. The maximum absolute atomic E-state index is 13.7. The molecule has 2 rings (SSSR count). The molecule has 2 aromatic rings. The number of tetrazole rings is 1. The van der Waals surface area contributed by atoms with Crippen LogP contribution in [0.1, 0.15) is 5.56 Å². The van der Waals surface area contributed by atoms with Gasteiger partial charge in [-0.3, -0.25) is 0 Å². The van der Waals surface area contributed by atoms with Crippen LogP contribution in [0, 0.1) is 12.7 Å². The molecule has 0 aliphatic heterocycles. The number of benzene rings is 1. The number of aromatic nitrogens is 4. The third kappa shape index (κ3) is 1.92. The second-order valence-corrected chi connectivity index (χ2v) is 3.50. The lowest BCUT2D eigenvalue weighted by molar-refractivity contribution is 0.594. The molecule has 5 nitrogen and oxygen atoms in total. The third-order valence-electron chi connectivity index (χ3n) is 2.24. The maximum atomic E-state index is 13.7. The molecule has 0 atom stereocenters. The summed E-state index contributed by atoms with van der Waals surface area (Å²) in [4.78, 5) is 0. The highest BCUT2D eigenvalue weighted by molar-refractivity contribution is 5.56. The molecule has 1 aromatic heterocycles. The van der Waals surface area contributed by atoms with Gasteiger partial charge in [-0.05, 0) is 35.0 Å². The Morgan fingerprint density at radius 2 is 2.25 bits per heavy atom. The Kier molecular flexibility index (Phi) is 2.91. The standard InChI is InChI=1S/C10H12FN5/c1-7-2-3-8(9(11)6-7)10-13-14-15-16(10)5-4-12/h2-3,6H,4-5,12H2,1H3. The molecule has 0 fully saturated rings. The summed E-state index contributed by atoms with van der Waals surface area (Å²) in [6, 6.07) is 4.94. The number of nitrogens with zero attached hydrogens (tertiary/aromatic N) is 4. The van der Waals surface area contributed by atoms with Gasteiger partial charge in [0.15, 0.2) is 5.82 Å². The minimum atomic E-state index is -0.326. The van der Waals surface area contributed by atoms with Crippen LogP contribution in [0.4, 0.5) is 4.39 Å². The number of hydrogen-bond acceptors (Lipinski definition) is 4. The van der Waals surface area contributed by atoms with E-state index < -0.39 is 0 Å². The second-order valence-electron chi connectivity index (χ2n) is 3.50. The van der Waals surface area contributed by atoms with Crippen molar-refractivity contribution in [2.24, 2.45) is 5.73 Å². The molecule has 0 bridgehead atoms. The van der Waals surface area contributed by atoms with Crippen molar-refractivity contribution in [3.05, 3.63) is 29.6 Å². The van der Waals surface area contributed by atoms with Crippen LogP contribution in [0.15, 0.2) is 18.2 Å². The summed E-state index contributed by atoms with van der Waals surface area (Å²) in [7, 11) is 0. The third-order valence-corrected chi connectivity index (χ3v) is 2.24. The first-order valence-electron chi connectivity index (χ1n) is 4.95. The van der Waals surface area contributed by atoms with E-state index in [4.69, 9.17) is 5.73 Å². The Morgan fingerprint density at radius 1 is 1.44 bits per heavy atom. The van der Waals surface area contributed by atoms with Crippen molar-refractivity contribution in [3.63, 3.8) is 0 Å². The van der Waals surface area contributed by atoms with Crippen molar-refractivity contribution in [3.8, 4) is 11.4 Å². The van der Waals surface area contributed by atoms with E-state index in [1.807, 2.05) is 13.0 Å². The van der Waals surface area contributed by atoms with E-state index in [1.165, 1.54) is 10.7 Å². The number of rotatable bonds is 3. The van der Waals surface area contributed by atoms with Gasteiger partial charge in [-0.2, -0.15) is 0 Å². The highest BCUT2D eigenvalue weighted by Crippen LogP contribution is 2.20. The fraction of sp³-hybridized carbons (Fsp3) is 0.300. The topological polar surface area (TPSA) is 69.6 Å². The zero-order chi connectivity index (χ0) is 11.5. The van der Waals surface area contributed by atoms with Crippen molar-refractivity contribution in [1.82, 2.24) is 20.2 Å². The first kappa shape index (κ1) is 10.7. The smallest absolute Gasteiger partial charge is 0.185 e. The summed E-state index contributed by atoms with van der Waals surface area (Å²) in [6.45, 7) is 2.71. The predicted octanol–water partition coefficient (Wildman–Crippen LogP) is 0.746. The molecule has 0 radical (unpaired) electrons. The monoisotopic (exact) mass is 221 g/mol. The molecule has 6 heteroatoms. The molecular weight excluding hydrogens is 209 g/mol. The molecular formula is C10H12FN5. The maximum Gasteiger partial charge on any atom is 0.185 e. The molecule has 0 aliphatic rings. The van der Waals surface area contributed by atoms with Crippen LogP contribution in [-0.2, 0) is 6.54 Å². The normalized spacial score (nSPS) is 10.7. The van der Waals surface area contributed by atoms with Crippen LogP contribution in [0.2, 0.25) is 0 Å². The van der Waals surface area contributed by atoms with E-state index in [0.717, 1.165) is 5.56 Å². The molecule has 0 spiro atoms. The summed E-state index contributed by atoms with van der Waals surface area (Å²) >= 11 is 0. The Balaban J connectivity index is 2.46. The lowest BCUT2D eigenvalue weighted by atomic mass is 10.1. The Bertz CT molecular complexity index is 494. The van der Waals surface area contributed by atoms with Crippen molar-refractivity contribution in [2.45, 2.75) is 13.5 Å². The lowest BCUT2D eigenvalue weighted by Gasteiger charge is -2.04. The average Bonchev–Trinajstić information content (AvgIpc) is 2.67. The van der Waals surface area contributed by atoms with Crippen LogP contribution < -0.4 is 5.73 Å². The summed E-state index contributed by atoms with van der Waals surface area (Å²) in [5.74, 6) is 0.0796. The summed E-state index contributed by atoms with van der Waals surface area (Å²) in [5, 5.41) is 11.1. The summed E-state index contributed by atoms with van der Waals surface area (Å²) in [5.41, 5.74) is 6.67. The van der Waals surface area contributed by atoms with Gasteiger partial charge in [0, 0.05) is 6.54 Å². The fourth-order valence-electron chi connectivity index (χ4n) is 1.47. The zero-order valence-electron chi connectivity index (χ0n) is 8.89. The predicted molar refractivity (Wildman–Crippen MR) is 57.0 cm³/mol. The molecule has 1 aromatic carbocycles. The van der Waals surface area contributed by atoms with Gasteiger partial charge >= 0.3 is 0 Å². The number of aryl methyl sites for hydroxylation is 1. The molecule has 0 amide bonds. The fourth-order valence-corrected chi connectivity index (χ4v) is 1.47. The van der Waals surface area contributed by atoms with E-state index >= 15 is 0 Å². The minimum Gasteiger partial charge on any atom is -0.329 e. The van der Waals surface area contributed by atoms with Gasteiger partial charge < -0.3 is 5.73 Å². The largest absolute Gasteiger partial charge is 0.329 e. The van der Waals surface area contributed by atoms with Crippen LogP contribution >= 0.6 is 0 Å². The first-order valence-corrected chi connectivity index (χ1v) is 4.95. The molecule has 1 heterocycles. The molecule has 84 valence electrons. The Labute approximate surface area is 92.1 Å². The van der Waals surface area contributed by atoms with Gasteiger partial charge in [0.1, 0.15) is 5.82 Å². The Morgan fingerprint density at radius 3 is 2.94 bits per heavy atom. The minimum absolute atomic E-state index is 0.326. The van der Waals surface area contributed by atoms with Gasteiger partial charge in [0.25, 0.3) is 0 Å². The van der Waals surface area contributed by atoms with E-state index in [9.17, 15) is 4.39 Å². The molecule has 0 saturated carbocycles. The molecule has 0 unspecified atom stereocenters. The number of halogens is 1. The van der Waals surface area contributed by atoms with E-state index in [0.29, 0.717) is 24.5 Å². The molecule has 2 N–H and O–H groups in total. The highest BCUT2D eigenvalue weighted by Gasteiger charge is 2.12. The Hall–Kier alpha value is -1.82. The summed E-state index contributed by atoms with van der Waals surface area (Å²) < 4.78 is 15.2. The van der Waals surface area contributed by atoms with Crippen LogP contribution in [0.25, 0.3) is 11.4 Å². The average molecular weight is 221 g/mol. The van der Waals surface area contributed by atoms with Crippen LogP contribution in [0.5, 0.6) is 0 Å². The van der Waals surface area contributed by atoms with Crippen molar-refractivity contribution in [2.75, 3.05) is 6.54 Å². The summed E-state index contributed by atoms with van der Waals surface area (Å²) in [6.07, 6.45) is 0. The number of hydrogen-bond donors (Lipinski definition) is 1. The van der Waals surface area contributed by atoms with Crippen LogP contribution in [-0.4, -0.2) is 26.8 Å². The second kappa shape index (κ2) is 4.36.